The Labute approximate surface area is 388 Å². The Morgan fingerprint density at radius 3 is 1.08 bits per heavy atom. The summed E-state index contributed by atoms with van der Waals surface area (Å²) in [4.78, 5) is 37.9. The van der Waals surface area contributed by atoms with Crippen LogP contribution < -0.4 is 0 Å². The second-order valence-electron chi connectivity index (χ2n) is 17.0. The van der Waals surface area contributed by atoms with Crippen molar-refractivity contribution in [2.24, 2.45) is 0 Å². The van der Waals surface area contributed by atoms with Crippen molar-refractivity contribution in [2.75, 3.05) is 13.2 Å². The smallest absolute Gasteiger partial charge is 0.306 e. The second kappa shape index (κ2) is 51.2. The zero-order valence-electron chi connectivity index (χ0n) is 41.1. The van der Waals surface area contributed by atoms with E-state index >= 15 is 0 Å². The van der Waals surface area contributed by atoms with Crippen LogP contribution in [0.1, 0.15) is 239 Å². The molecule has 0 aliphatic carbocycles. The number of allylic oxidation sites excluding steroid dienone is 14. The van der Waals surface area contributed by atoms with Gasteiger partial charge in [-0.1, -0.05) is 196 Å². The summed E-state index contributed by atoms with van der Waals surface area (Å²) in [5.41, 5.74) is 0. The molecule has 6 heteroatoms. The zero-order valence-corrected chi connectivity index (χ0v) is 41.1. The average Bonchev–Trinajstić information content (AvgIpc) is 3.28. The third-order valence-corrected chi connectivity index (χ3v) is 10.9. The van der Waals surface area contributed by atoms with E-state index in [1.807, 2.05) is 0 Å². The van der Waals surface area contributed by atoms with Crippen LogP contribution in [0.3, 0.4) is 0 Å². The quantitative estimate of drug-likeness (QED) is 0.0262. The Hall–Kier alpha value is -3.41. The predicted molar refractivity (Wildman–Crippen MR) is 270 cm³/mol. The van der Waals surface area contributed by atoms with Gasteiger partial charge in [0.05, 0.1) is 0 Å². The molecule has 0 rings (SSSR count). The van der Waals surface area contributed by atoms with Gasteiger partial charge in [0, 0.05) is 19.3 Å². The molecule has 63 heavy (non-hydrogen) atoms. The number of ether oxygens (including phenoxy) is 3. The minimum absolute atomic E-state index is 0.105. The van der Waals surface area contributed by atoms with Gasteiger partial charge < -0.3 is 14.2 Å². The summed E-state index contributed by atoms with van der Waals surface area (Å²) in [6.07, 6.45) is 65.7. The molecule has 360 valence electrons. The molecule has 6 nitrogen and oxygen atoms in total. The van der Waals surface area contributed by atoms with Crippen molar-refractivity contribution in [3.8, 4) is 0 Å². The molecule has 0 aliphatic heterocycles. The highest BCUT2D eigenvalue weighted by atomic mass is 16.6. The number of hydrogen-bond donors (Lipinski definition) is 0. The van der Waals surface area contributed by atoms with Crippen LogP contribution in [0.2, 0.25) is 0 Å². The third-order valence-electron chi connectivity index (χ3n) is 10.9. The van der Waals surface area contributed by atoms with Gasteiger partial charge in [-0.25, -0.2) is 0 Å². The monoisotopic (exact) mass is 877 g/mol. The van der Waals surface area contributed by atoms with E-state index in [1.165, 1.54) is 83.5 Å². The van der Waals surface area contributed by atoms with Gasteiger partial charge in [0.1, 0.15) is 13.2 Å². The largest absolute Gasteiger partial charge is 0.462 e. The molecule has 1 atom stereocenters. The van der Waals surface area contributed by atoms with E-state index in [9.17, 15) is 14.4 Å². The van der Waals surface area contributed by atoms with Crippen molar-refractivity contribution < 1.29 is 28.6 Å². The summed E-state index contributed by atoms with van der Waals surface area (Å²) in [6, 6.07) is 0. The summed E-state index contributed by atoms with van der Waals surface area (Å²) in [5, 5.41) is 0. The molecule has 0 aromatic carbocycles. The van der Waals surface area contributed by atoms with Gasteiger partial charge in [0.25, 0.3) is 0 Å². The van der Waals surface area contributed by atoms with E-state index in [-0.39, 0.29) is 37.5 Å². The van der Waals surface area contributed by atoms with Crippen LogP contribution in [0.25, 0.3) is 0 Å². The van der Waals surface area contributed by atoms with Crippen LogP contribution in [0.15, 0.2) is 85.1 Å². The fourth-order valence-corrected chi connectivity index (χ4v) is 6.94. The Bertz CT molecular complexity index is 1240. The molecule has 0 aliphatic rings. The molecule has 0 amide bonds. The van der Waals surface area contributed by atoms with Crippen molar-refractivity contribution in [1.82, 2.24) is 0 Å². The Kier molecular flexibility index (Phi) is 48.5. The van der Waals surface area contributed by atoms with Crippen molar-refractivity contribution >= 4 is 17.9 Å². The average molecular weight is 877 g/mol. The number of esters is 3. The second-order valence-corrected chi connectivity index (χ2v) is 17.0. The fraction of sp³-hybridized carbons (Fsp3) is 0.702. The third kappa shape index (κ3) is 49.5. The lowest BCUT2D eigenvalue weighted by Crippen LogP contribution is -2.30. The fourth-order valence-electron chi connectivity index (χ4n) is 6.94. The van der Waals surface area contributed by atoms with E-state index in [2.05, 4.69) is 106 Å². The van der Waals surface area contributed by atoms with Crippen LogP contribution in [0.4, 0.5) is 0 Å². The zero-order chi connectivity index (χ0) is 45.8. The molecule has 0 saturated carbocycles. The molecule has 0 spiro atoms. The molecule has 0 saturated heterocycles. The number of rotatable bonds is 46. The minimum atomic E-state index is -0.808. The van der Waals surface area contributed by atoms with Gasteiger partial charge in [0.15, 0.2) is 6.10 Å². The highest BCUT2D eigenvalue weighted by molar-refractivity contribution is 5.71. The number of unbranched alkanes of at least 4 members (excludes halogenated alkanes) is 21. The molecule has 0 N–H and O–H groups in total. The van der Waals surface area contributed by atoms with Crippen LogP contribution in [0, 0.1) is 0 Å². The number of hydrogen-bond acceptors (Lipinski definition) is 6. The summed E-state index contributed by atoms with van der Waals surface area (Å²) in [7, 11) is 0. The van der Waals surface area contributed by atoms with E-state index in [4.69, 9.17) is 14.2 Å². The molecule has 0 radical (unpaired) electrons. The van der Waals surface area contributed by atoms with E-state index < -0.39 is 6.10 Å². The maximum Gasteiger partial charge on any atom is 0.306 e. The van der Waals surface area contributed by atoms with Crippen LogP contribution in [-0.4, -0.2) is 37.2 Å². The van der Waals surface area contributed by atoms with Gasteiger partial charge in [-0.3, -0.25) is 14.4 Å². The highest BCUT2D eigenvalue weighted by Crippen LogP contribution is 2.13. The van der Waals surface area contributed by atoms with Crippen LogP contribution in [0.5, 0.6) is 0 Å². The first kappa shape index (κ1) is 59.6. The normalized spacial score (nSPS) is 12.7. The lowest BCUT2D eigenvalue weighted by Gasteiger charge is -2.18. The molecular weight excluding hydrogens is 781 g/mol. The summed E-state index contributed by atoms with van der Waals surface area (Å²) < 4.78 is 16.7. The maximum atomic E-state index is 12.8. The standard InChI is InChI=1S/C57H96O6/c1-4-7-10-13-16-19-22-25-27-29-31-32-35-38-41-44-47-50-56(59)62-53-54(52-61-55(58)49-46-43-40-37-34-24-21-18-15-12-9-6-3)63-57(60)51-48-45-42-39-36-33-30-28-26-23-20-17-14-11-8-5-2/h9,12,16,18-19,21,25,27-28,30-32,38,41,54H,4-8,10-11,13-15,17,20,22-24,26,29,33-37,39-40,42-53H2,1-3H3/b12-9-,19-16-,21-18-,27-25-,30-28-,32-31-,41-38-. The first-order valence-electron chi connectivity index (χ1n) is 26.1. The highest BCUT2D eigenvalue weighted by Gasteiger charge is 2.19. The van der Waals surface area contributed by atoms with Gasteiger partial charge in [0.2, 0.25) is 0 Å². The first-order chi connectivity index (χ1) is 31.0. The number of carbonyl (C=O) groups is 3. The summed E-state index contributed by atoms with van der Waals surface area (Å²) >= 11 is 0. The molecule has 0 aromatic rings. The predicted octanol–water partition coefficient (Wildman–Crippen LogP) is 17.2. The molecule has 0 fully saturated rings. The van der Waals surface area contributed by atoms with Gasteiger partial charge in [-0.05, 0) is 109 Å². The van der Waals surface area contributed by atoms with Crippen LogP contribution >= 0.6 is 0 Å². The first-order valence-corrected chi connectivity index (χ1v) is 26.1. The molecule has 1 unspecified atom stereocenters. The Balaban J connectivity index is 4.49. The summed E-state index contributed by atoms with van der Waals surface area (Å²) in [6.45, 7) is 6.43. The molecule has 0 heterocycles. The minimum Gasteiger partial charge on any atom is -0.462 e. The molecule has 0 bridgehead atoms. The van der Waals surface area contributed by atoms with Crippen LogP contribution in [-0.2, 0) is 28.6 Å². The Morgan fingerprint density at radius 2 is 0.635 bits per heavy atom. The Morgan fingerprint density at radius 1 is 0.333 bits per heavy atom. The summed E-state index contributed by atoms with van der Waals surface area (Å²) in [5.74, 6) is -0.986. The van der Waals surface area contributed by atoms with Crippen molar-refractivity contribution in [3.05, 3.63) is 85.1 Å². The van der Waals surface area contributed by atoms with Gasteiger partial charge in [-0.2, -0.15) is 0 Å². The van der Waals surface area contributed by atoms with Crippen molar-refractivity contribution in [1.29, 1.82) is 0 Å². The van der Waals surface area contributed by atoms with E-state index in [0.29, 0.717) is 19.3 Å². The lowest BCUT2D eigenvalue weighted by molar-refractivity contribution is -0.167. The maximum absolute atomic E-state index is 12.8. The van der Waals surface area contributed by atoms with Crippen molar-refractivity contribution in [2.45, 2.75) is 245 Å². The van der Waals surface area contributed by atoms with Gasteiger partial charge in [-0.15, -0.1) is 0 Å². The molecular formula is C57H96O6. The molecule has 0 aromatic heterocycles. The van der Waals surface area contributed by atoms with Crippen molar-refractivity contribution in [3.63, 3.8) is 0 Å². The SMILES string of the molecule is CC/C=C\C/C=C\CCCCCCCC(=O)OCC(COC(=O)CCC/C=C\C/C=C\C/C=C\C/C=C\CCCCC)OC(=O)CCCCCCC/C=C\CCCCCCCCC. The number of carbonyl (C=O) groups excluding carboxylic acids is 3. The topological polar surface area (TPSA) is 78.9 Å². The lowest BCUT2D eigenvalue weighted by atomic mass is 10.1. The van der Waals surface area contributed by atoms with E-state index in [1.54, 1.807) is 0 Å². The van der Waals surface area contributed by atoms with Gasteiger partial charge >= 0.3 is 17.9 Å². The van der Waals surface area contributed by atoms with E-state index in [0.717, 1.165) is 109 Å².